The molecule has 1 aromatic heterocycles. The highest BCUT2D eigenvalue weighted by atomic mass is 16.7. The molecular weight excluding hydrogens is 196 g/mol. The summed E-state index contributed by atoms with van der Waals surface area (Å²) in [4.78, 5) is 0. The smallest absolute Gasteiger partial charge is 0.169 e. The molecule has 1 N–H and O–H groups in total. The summed E-state index contributed by atoms with van der Waals surface area (Å²) >= 11 is 0. The molecule has 0 aromatic carbocycles. The third kappa shape index (κ3) is 3.30. The van der Waals surface area contributed by atoms with Crippen molar-refractivity contribution in [3.05, 3.63) is 17.0 Å². The van der Waals surface area contributed by atoms with Gasteiger partial charge < -0.3 is 19.3 Å². The third-order valence-corrected chi connectivity index (χ3v) is 2.32. The van der Waals surface area contributed by atoms with Crippen LogP contribution in [-0.4, -0.2) is 32.2 Å². The summed E-state index contributed by atoms with van der Waals surface area (Å²) < 4.78 is 15.2. The van der Waals surface area contributed by atoms with Crippen molar-refractivity contribution in [2.75, 3.05) is 20.8 Å². The second-order valence-electron chi connectivity index (χ2n) is 3.33. The number of ether oxygens (including phenoxy) is 2. The standard InChI is InChI=1S/C10H18N2O3/c1-7-9(8(2)15-12-7)5-11-6-10(13-3)14-4/h10-11H,5-6H2,1-4H3. The molecule has 0 spiro atoms. The van der Waals surface area contributed by atoms with Crippen LogP contribution in [0.25, 0.3) is 0 Å². The predicted molar refractivity (Wildman–Crippen MR) is 55.5 cm³/mol. The number of rotatable bonds is 6. The van der Waals surface area contributed by atoms with E-state index in [1.165, 1.54) is 0 Å². The van der Waals surface area contributed by atoms with Gasteiger partial charge >= 0.3 is 0 Å². The number of nitrogens with one attached hydrogen (secondary N) is 1. The third-order valence-electron chi connectivity index (χ3n) is 2.32. The van der Waals surface area contributed by atoms with Crippen molar-refractivity contribution < 1.29 is 14.0 Å². The molecular formula is C10H18N2O3. The first-order chi connectivity index (χ1) is 7.19. The Labute approximate surface area is 89.7 Å². The minimum absolute atomic E-state index is 0.217. The molecule has 5 nitrogen and oxygen atoms in total. The molecule has 0 amide bonds. The normalized spacial score (nSPS) is 11.3. The molecule has 0 unspecified atom stereocenters. The van der Waals surface area contributed by atoms with Crippen LogP contribution >= 0.6 is 0 Å². The summed E-state index contributed by atoms with van der Waals surface area (Å²) in [7, 11) is 3.23. The van der Waals surface area contributed by atoms with Gasteiger partial charge in [0.15, 0.2) is 6.29 Å². The summed E-state index contributed by atoms with van der Waals surface area (Å²) in [5.74, 6) is 0.853. The predicted octanol–water partition coefficient (Wildman–Crippen LogP) is 1.000. The minimum atomic E-state index is -0.217. The van der Waals surface area contributed by atoms with Gasteiger partial charge in [0.1, 0.15) is 5.76 Å². The summed E-state index contributed by atoms with van der Waals surface area (Å²) in [5, 5.41) is 7.10. The fourth-order valence-electron chi connectivity index (χ4n) is 1.33. The van der Waals surface area contributed by atoms with Gasteiger partial charge in [-0.15, -0.1) is 0 Å². The molecule has 0 aliphatic rings. The Hall–Kier alpha value is -0.910. The average molecular weight is 214 g/mol. The fourth-order valence-corrected chi connectivity index (χ4v) is 1.33. The molecule has 0 bridgehead atoms. The monoisotopic (exact) mass is 214 g/mol. The van der Waals surface area contributed by atoms with Crippen LogP contribution < -0.4 is 5.32 Å². The van der Waals surface area contributed by atoms with Crippen LogP contribution in [0.15, 0.2) is 4.52 Å². The Balaban J connectivity index is 2.37. The molecule has 0 aliphatic carbocycles. The van der Waals surface area contributed by atoms with E-state index in [0.29, 0.717) is 13.1 Å². The van der Waals surface area contributed by atoms with Crippen LogP contribution in [-0.2, 0) is 16.0 Å². The highest BCUT2D eigenvalue weighted by molar-refractivity contribution is 5.20. The molecule has 86 valence electrons. The van der Waals surface area contributed by atoms with Gasteiger partial charge in [-0.2, -0.15) is 0 Å². The van der Waals surface area contributed by atoms with Crippen LogP contribution in [0.5, 0.6) is 0 Å². The first-order valence-electron chi connectivity index (χ1n) is 4.87. The van der Waals surface area contributed by atoms with E-state index in [1.807, 2.05) is 13.8 Å². The van der Waals surface area contributed by atoms with Gasteiger partial charge in [-0.3, -0.25) is 0 Å². The van der Waals surface area contributed by atoms with Crippen molar-refractivity contribution in [3.63, 3.8) is 0 Å². The van der Waals surface area contributed by atoms with Crippen LogP contribution in [0.1, 0.15) is 17.0 Å². The zero-order valence-electron chi connectivity index (χ0n) is 9.66. The van der Waals surface area contributed by atoms with Crippen molar-refractivity contribution in [1.29, 1.82) is 0 Å². The highest BCUT2D eigenvalue weighted by Crippen LogP contribution is 2.11. The second-order valence-corrected chi connectivity index (χ2v) is 3.33. The van der Waals surface area contributed by atoms with Gasteiger partial charge in [0.2, 0.25) is 0 Å². The van der Waals surface area contributed by atoms with E-state index >= 15 is 0 Å². The van der Waals surface area contributed by atoms with E-state index in [-0.39, 0.29) is 6.29 Å². The Kier molecular flexibility index (Phi) is 4.74. The van der Waals surface area contributed by atoms with Gasteiger partial charge in [-0.25, -0.2) is 0 Å². The largest absolute Gasteiger partial charge is 0.361 e. The van der Waals surface area contributed by atoms with Crippen LogP contribution in [0.3, 0.4) is 0 Å². The number of aromatic nitrogens is 1. The first-order valence-corrected chi connectivity index (χ1v) is 4.87. The first kappa shape index (κ1) is 12.2. The van der Waals surface area contributed by atoms with Crippen molar-refractivity contribution >= 4 is 0 Å². The summed E-state index contributed by atoms with van der Waals surface area (Å²) in [6.45, 7) is 5.18. The minimum Gasteiger partial charge on any atom is -0.361 e. The average Bonchev–Trinajstić information content (AvgIpc) is 2.55. The van der Waals surface area contributed by atoms with Crippen LogP contribution in [0.4, 0.5) is 0 Å². The van der Waals surface area contributed by atoms with E-state index < -0.39 is 0 Å². The van der Waals surface area contributed by atoms with Crippen LogP contribution in [0.2, 0.25) is 0 Å². The highest BCUT2D eigenvalue weighted by Gasteiger charge is 2.09. The fraction of sp³-hybridized carbons (Fsp3) is 0.700. The second kappa shape index (κ2) is 5.85. The lowest BCUT2D eigenvalue weighted by Gasteiger charge is -2.13. The topological polar surface area (TPSA) is 56.5 Å². The molecule has 0 fully saturated rings. The van der Waals surface area contributed by atoms with E-state index in [0.717, 1.165) is 17.0 Å². The maximum Gasteiger partial charge on any atom is 0.169 e. The number of hydrogen-bond acceptors (Lipinski definition) is 5. The Morgan fingerprint density at radius 3 is 2.47 bits per heavy atom. The SMILES string of the molecule is COC(CNCc1c(C)noc1C)OC. The lowest BCUT2D eigenvalue weighted by Crippen LogP contribution is -2.29. The van der Waals surface area contributed by atoms with Gasteiger partial charge in [-0.05, 0) is 13.8 Å². The lowest BCUT2D eigenvalue weighted by atomic mass is 10.2. The Bertz CT molecular complexity index is 275. The number of methoxy groups -OCH3 is 2. The van der Waals surface area contributed by atoms with Crippen molar-refractivity contribution in [3.8, 4) is 0 Å². The number of aryl methyl sites for hydroxylation is 2. The van der Waals surface area contributed by atoms with Crippen molar-refractivity contribution in [2.24, 2.45) is 0 Å². The summed E-state index contributed by atoms with van der Waals surface area (Å²) in [5.41, 5.74) is 2.02. The van der Waals surface area contributed by atoms with Gasteiger partial charge in [0.05, 0.1) is 5.69 Å². The van der Waals surface area contributed by atoms with Gasteiger partial charge in [-0.1, -0.05) is 5.16 Å². The van der Waals surface area contributed by atoms with E-state index in [4.69, 9.17) is 14.0 Å². The zero-order chi connectivity index (χ0) is 11.3. The van der Waals surface area contributed by atoms with Crippen molar-refractivity contribution in [2.45, 2.75) is 26.7 Å². The lowest BCUT2D eigenvalue weighted by molar-refractivity contribution is -0.0989. The molecule has 0 radical (unpaired) electrons. The summed E-state index contributed by atoms with van der Waals surface area (Å²) in [6, 6.07) is 0. The van der Waals surface area contributed by atoms with Gasteiger partial charge in [0.25, 0.3) is 0 Å². The molecule has 1 heterocycles. The van der Waals surface area contributed by atoms with Gasteiger partial charge in [0, 0.05) is 32.9 Å². The molecule has 1 rings (SSSR count). The molecule has 0 saturated heterocycles. The van der Waals surface area contributed by atoms with E-state index in [2.05, 4.69) is 10.5 Å². The molecule has 0 atom stereocenters. The molecule has 5 heteroatoms. The van der Waals surface area contributed by atoms with Crippen molar-refractivity contribution in [1.82, 2.24) is 10.5 Å². The quantitative estimate of drug-likeness (QED) is 0.716. The molecule has 15 heavy (non-hydrogen) atoms. The molecule has 0 aliphatic heterocycles. The molecule has 1 aromatic rings. The Morgan fingerprint density at radius 2 is 2.00 bits per heavy atom. The number of nitrogens with zero attached hydrogens (tertiary/aromatic N) is 1. The summed E-state index contributed by atoms with van der Waals surface area (Å²) in [6.07, 6.45) is -0.217. The Morgan fingerprint density at radius 1 is 1.33 bits per heavy atom. The van der Waals surface area contributed by atoms with E-state index in [9.17, 15) is 0 Å². The number of hydrogen-bond donors (Lipinski definition) is 1. The maximum absolute atomic E-state index is 5.06. The van der Waals surface area contributed by atoms with Crippen LogP contribution in [0, 0.1) is 13.8 Å². The maximum atomic E-state index is 5.06. The zero-order valence-corrected chi connectivity index (χ0v) is 9.66. The van der Waals surface area contributed by atoms with E-state index in [1.54, 1.807) is 14.2 Å². The molecule has 0 saturated carbocycles.